The summed E-state index contributed by atoms with van der Waals surface area (Å²) in [6.45, 7) is 3.09. The first-order valence-corrected chi connectivity index (χ1v) is 8.27. The van der Waals surface area contributed by atoms with Crippen LogP contribution in [0.25, 0.3) is 0 Å². The molecule has 1 saturated carbocycles. The van der Waals surface area contributed by atoms with E-state index in [1.165, 1.54) is 19.3 Å². The highest BCUT2D eigenvalue weighted by atomic mass is 19.1. The van der Waals surface area contributed by atoms with Crippen molar-refractivity contribution >= 4 is 0 Å². The van der Waals surface area contributed by atoms with Crippen LogP contribution in [0.15, 0.2) is 24.3 Å². The monoisotopic (exact) mass is 292 g/mol. The Bertz CT molecular complexity index is 439. The summed E-state index contributed by atoms with van der Waals surface area (Å²) in [7, 11) is 4.29. The SMILES string of the molecule is CCCNC(c1ccccc1F)C1(N(C)C)CCCCC1. The van der Waals surface area contributed by atoms with Crippen LogP contribution in [0.1, 0.15) is 57.1 Å². The fraction of sp³-hybridized carbons (Fsp3) is 0.667. The van der Waals surface area contributed by atoms with Gasteiger partial charge in [0.2, 0.25) is 0 Å². The van der Waals surface area contributed by atoms with Crippen molar-refractivity contribution in [3.8, 4) is 0 Å². The normalized spacial score (nSPS) is 19.7. The van der Waals surface area contributed by atoms with Crippen molar-refractivity contribution in [3.05, 3.63) is 35.6 Å². The van der Waals surface area contributed by atoms with Gasteiger partial charge in [0.05, 0.1) is 6.04 Å². The van der Waals surface area contributed by atoms with Gasteiger partial charge in [-0.1, -0.05) is 44.4 Å². The minimum atomic E-state index is -0.0853. The van der Waals surface area contributed by atoms with Crippen molar-refractivity contribution in [1.82, 2.24) is 10.2 Å². The first-order chi connectivity index (χ1) is 10.1. The van der Waals surface area contributed by atoms with Crippen molar-refractivity contribution < 1.29 is 4.39 Å². The Balaban J connectivity index is 2.39. The predicted molar refractivity (Wildman–Crippen MR) is 86.9 cm³/mol. The molecule has 1 unspecified atom stereocenters. The van der Waals surface area contributed by atoms with Gasteiger partial charge in [0.1, 0.15) is 5.82 Å². The molecule has 1 fully saturated rings. The van der Waals surface area contributed by atoms with E-state index in [1.54, 1.807) is 12.1 Å². The third-order valence-corrected chi connectivity index (χ3v) is 4.96. The molecule has 2 nitrogen and oxygen atoms in total. The van der Waals surface area contributed by atoms with Crippen LogP contribution in [0.5, 0.6) is 0 Å². The Labute approximate surface area is 128 Å². The summed E-state index contributed by atoms with van der Waals surface area (Å²) in [6.07, 6.45) is 7.10. The van der Waals surface area contributed by atoms with Crippen LogP contribution in [-0.4, -0.2) is 31.1 Å². The molecule has 2 rings (SSSR count). The molecular weight excluding hydrogens is 263 g/mol. The third kappa shape index (κ3) is 3.46. The number of nitrogens with zero attached hydrogens (tertiary/aromatic N) is 1. The molecule has 0 amide bonds. The van der Waals surface area contributed by atoms with Crippen LogP contribution in [-0.2, 0) is 0 Å². The van der Waals surface area contributed by atoms with E-state index in [-0.39, 0.29) is 17.4 Å². The zero-order chi connectivity index (χ0) is 15.3. The number of halogens is 1. The van der Waals surface area contributed by atoms with Gasteiger partial charge in [-0.15, -0.1) is 0 Å². The fourth-order valence-corrected chi connectivity index (χ4v) is 3.75. The molecule has 1 atom stereocenters. The lowest BCUT2D eigenvalue weighted by molar-refractivity contribution is 0.0550. The summed E-state index contributed by atoms with van der Waals surface area (Å²) >= 11 is 0. The van der Waals surface area contributed by atoms with E-state index in [2.05, 4.69) is 31.2 Å². The molecule has 1 aromatic carbocycles. The van der Waals surface area contributed by atoms with E-state index in [0.717, 1.165) is 31.4 Å². The quantitative estimate of drug-likeness (QED) is 0.848. The average Bonchev–Trinajstić information content (AvgIpc) is 2.50. The summed E-state index contributed by atoms with van der Waals surface area (Å²) in [6, 6.07) is 7.32. The second kappa shape index (κ2) is 7.37. The highest BCUT2D eigenvalue weighted by molar-refractivity contribution is 5.26. The Morgan fingerprint density at radius 2 is 1.86 bits per heavy atom. The van der Waals surface area contributed by atoms with E-state index in [1.807, 2.05) is 12.1 Å². The lowest BCUT2D eigenvalue weighted by Gasteiger charge is -2.49. The molecule has 1 aliphatic rings. The van der Waals surface area contributed by atoms with Gasteiger partial charge in [-0.2, -0.15) is 0 Å². The van der Waals surface area contributed by atoms with Crippen LogP contribution in [0, 0.1) is 5.82 Å². The highest BCUT2D eigenvalue weighted by Gasteiger charge is 2.43. The van der Waals surface area contributed by atoms with Crippen molar-refractivity contribution in [2.45, 2.75) is 57.0 Å². The molecule has 0 radical (unpaired) electrons. The molecule has 118 valence electrons. The molecule has 0 aliphatic heterocycles. The van der Waals surface area contributed by atoms with Crippen LogP contribution in [0.3, 0.4) is 0 Å². The second-order valence-electron chi connectivity index (χ2n) is 6.47. The Morgan fingerprint density at radius 3 is 2.43 bits per heavy atom. The van der Waals surface area contributed by atoms with E-state index in [0.29, 0.717) is 0 Å². The van der Waals surface area contributed by atoms with Crippen LogP contribution in [0.4, 0.5) is 4.39 Å². The van der Waals surface area contributed by atoms with Gasteiger partial charge in [0.25, 0.3) is 0 Å². The molecule has 0 aromatic heterocycles. The Hall–Kier alpha value is -0.930. The molecule has 21 heavy (non-hydrogen) atoms. The largest absolute Gasteiger partial charge is 0.308 e. The molecule has 3 heteroatoms. The zero-order valence-corrected chi connectivity index (χ0v) is 13.7. The van der Waals surface area contributed by atoms with Gasteiger partial charge in [-0.05, 0) is 46.0 Å². The Kier molecular flexibility index (Phi) is 5.77. The summed E-state index contributed by atoms with van der Waals surface area (Å²) in [4.78, 5) is 2.33. The van der Waals surface area contributed by atoms with Gasteiger partial charge in [-0.25, -0.2) is 4.39 Å². The van der Waals surface area contributed by atoms with Crippen molar-refractivity contribution in [1.29, 1.82) is 0 Å². The van der Waals surface area contributed by atoms with E-state index >= 15 is 0 Å². The van der Waals surface area contributed by atoms with Crippen molar-refractivity contribution in [2.24, 2.45) is 0 Å². The lowest BCUT2D eigenvalue weighted by Crippen LogP contribution is -2.55. The van der Waals surface area contributed by atoms with Gasteiger partial charge < -0.3 is 10.2 Å². The maximum Gasteiger partial charge on any atom is 0.128 e. The van der Waals surface area contributed by atoms with Crippen LogP contribution >= 0.6 is 0 Å². The average molecular weight is 292 g/mol. The second-order valence-corrected chi connectivity index (χ2v) is 6.47. The molecule has 0 spiro atoms. The third-order valence-electron chi connectivity index (χ3n) is 4.96. The number of likely N-dealkylation sites (N-methyl/N-ethyl adjacent to an activating group) is 1. The molecule has 0 heterocycles. The van der Waals surface area contributed by atoms with E-state index < -0.39 is 0 Å². The lowest BCUT2D eigenvalue weighted by atomic mass is 9.73. The predicted octanol–water partition coefficient (Wildman–Crippen LogP) is 4.13. The first kappa shape index (κ1) is 16.4. The number of benzene rings is 1. The molecule has 1 aliphatic carbocycles. The molecule has 0 bridgehead atoms. The van der Waals surface area contributed by atoms with Crippen molar-refractivity contribution in [3.63, 3.8) is 0 Å². The topological polar surface area (TPSA) is 15.3 Å². The standard InChI is InChI=1S/C18H29FN2/c1-4-14-20-17(15-10-6-7-11-16(15)19)18(21(2)3)12-8-5-9-13-18/h6-7,10-11,17,20H,4-5,8-9,12-14H2,1-3H3. The number of rotatable bonds is 6. The minimum Gasteiger partial charge on any atom is -0.308 e. The van der Waals surface area contributed by atoms with Gasteiger partial charge in [0, 0.05) is 11.1 Å². The molecule has 0 saturated heterocycles. The molecule has 1 N–H and O–H groups in total. The van der Waals surface area contributed by atoms with Gasteiger partial charge in [-0.3, -0.25) is 0 Å². The zero-order valence-electron chi connectivity index (χ0n) is 13.7. The summed E-state index contributed by atoms with van der Waals surface area (Å²) < 4.78 is 14.4. The number of nitrogens with one attached hydrogen (secondary N) is 1. The van der Waals surface area contributed by atoms with E-state index in [4.69, 9.17) is 0 Å². The maximum atomic E-state index is 14.4. The van der Waals surface area contributed by atoms with Crippen molar-refractivity contribution in [2.75, 3.05) is 20.6 Å². The highest BCUT2D eigenvalue weighted by Crippen LogP contribution is 2.42. The summed E-state index contributed by atoms with van der Waals surface area (Å²) in [5.41, 5.74) is 0.844. The van der Waals surface area contributed by atoms with Gasteiger partial charge >= 0.3 is 0 Å². The maximum absolute atomic E-state index is 14.4. The summed E-state index contributed by atoms with van der Waals surface area (Å²) in [5, 5.41) is 3.64. The molecular formula is C18H29FN2. The van der Waals surface area contributed by atoms with E-state index in [9.17, 15) is 4.39 Å². The number of hydrogen-bond acceptors (Lipinski definition) is 2. The smallest absolute Gasteiger partial charge is 0.128 e. The summed E-state index contributed by atoms with van der Waals surface area (Å²) in [5.74, 6) is -0.0853. The van der Waals surface area contributed by atoms with Crippen LogP contribution < -0.4 is 5.32 Å². The first-order valence-electron chi connectivity index (χ1n) is 8.27. The molecule has 1 aromatic rings. The Morgan fingerprint density at radius 1 is 1.19 bits per heavy atom. The minimum absolute atomic E-state index is 0.0234. The fourth-order valence-electron chi connectivity index (χ4n) is 3.75. The van der Waals surface area contributed by atoms with Gasteiger partial charge in [0.15, 0.2) is 0 Å². The van der Waals surface area contributed by atoms with Crippen LogP contribution in [0.2, 0.25) is 0 Å². The number of hydrogen-bond donors (Lipinski definition) is 1.